The number of hydrogen-bond donors (Lipinski definition) is 1. The van der Waals surface area contributed by atoms with Gasteiger partial charge in [-0.1, -0.05) is 18.2 Å². The van der Waals surface area contributed by atoms with Gasteiger partial charge in [-0.3, -0.25) is 4.79 Å². The normalized spacial score (nSPS) is 14.3. The zero-order valence-electron chi connectivity index (χ0n) is 16.3. The summed E-state index contributed by atoms with van der Waals surface area (Å²) in [5, 5.41) is 5.22. The van der Waals surface area contributed by atoms with Crippen LogP contribution in [0.25, 0.3) is 0 Å². The number of nitrogens with one attached hydrogen (secondary N) is 1. The number of thiophene rings is 1. The van der Waals surface area contributed by atoms with Gasteiger partial charge in [-0.2, -0.15) is 0 Å². The summed E-state index contributed by atoms with van der Waals surface area (Å²) in [6, 6.07) is 14.2. The molecule has 0 spiro atoms. The van der Waals surface area contributed by atoms with Gasteiger partial charge in [-0.15, -0.1) is 11.3 Å². The Balaban J connectivity index is 1.56. The van der Waals surface area contributed by atoms with Gasteiger partial charge < -0.3 is 19.5 Å². The van der Waals surface area contributed by atoms with Crippen LogP contribution in [-0.4, -0.2) is 36.8 Å². The fourth-order valence-electron chi connectivity index (χ4n) is 3.68. The Labute approximate surface area is 169 Å². The first-order chi connectivity index (χ1) is 13.6. The average molecular weight is 396 g/mol. The Morgan fingerprint density at radius 2 is 1.93 bits per heavy atom. The lowest BCUT2D eigenvalue weighted by molar-refractivity contribution is 0.102. The molecule has 4 rings (SSSR count). The molecule has 146 valence electrons. The Kier molecular flexibility index (Phi) is 5.50. The van der Waals surface area contributed by atoms with Crippen LogP contribution in [0, 0.1) is 13.8 Å². The maximum absolute atomic E-state index is 13.1. The molecule has 1 aliphatic rings. The van der Waals surface area contributed by atoms with Crippen molar-refractivity contribution in [2.75, 3.05) is 36.5 Å². The molecule has 1 aromatic carbocycles. The monoisotopic (exact) mass is 395 g/mol. The standard InChI is InChI=1S/C22H25N3O2S/c1-16-14-19(17(2)25(16)15-18-6-5-13-28-18)22(26)23-20-7-3-4-8-21(20)24-9-11-27-12-10-24/h3-8,13-14H,9-12,15H2,1-2H3,(H,23,26). The van der Waals surface area contributed by atoms with Crippen LogP contribution in [0.4, 0.5) is 11.4 Å². The van der Waals surface area contributed by atoms with Gasteiger partial charge in [0.2, 0.25) is 0 Å². The molecule has 1 fully saturated rings. The summed E-state index contributed by atoms with van der Waals surface area (Å²) in [6.07, 6.45) is 0. The number of ether oxygens (including phenoxy) is 1. The Morgan fingerprint density at radius 1 is 1.14 bits per heavy atom. The summed E-state index contributed by atoms with van der Waals surface area (Å²) in [6.45, 7) is 7.97. The highest BCUT2D eigenvalue weighted by Crippen LogP contribution is 2.28. The van der Waals surface area contributed by atoms with Crippen molar-refractivity contribution >= 4 is 28.6 Å². The van der Waals surface area contributed by atoms with E-state index in [2.05, 4.69) is 45.3 Å². The average Bonchev–Trinajstić information content (AvgIpc) is 3.33. The fourth-order valence-corrected chi connectivity index (χ4v) is 4.37. The third kappa shape index (κ3) is 3.84. The molecule has 0 unspecified atom stereocenters. The number of para-hydroxylation sites is 2. The largest absolute Gasteiger partial charge is 0.378 e. The number of carbonyl (C=O) groups excluding carboxylic acids is 1. The second-order valence-corrected chi connectivity index (χ2v) is 8.05. The van der Waals surface area contributed by atoms with Gasteiger partial charge in [-0.05, 0) is 43.5 Å². The number of anilines is 2. The first-order valence-electron chi connectivity index (χ1n) is 9.55. The smallest absolute Gasteiger partial charge is 0.257 e. The van der Waals surface area contributed by atoms with E-state index in [0.29, 0.717) is 13.2 Å². The molecule has 1 amide bonds. The van der Waals surface area contributed by atoms with Crippen LogP contribution in [0.15, 0.2) is 47.8 Å². The van der Waals surface area contributed by atoms with E-state index >= 15 is 0 Å². The first-order valence-corrected chi connectivity index (χ1v) is 10.4. The quantitative estimate of drug-likeness (QED) is 0.700. The summed E-state index contributed by atoms with van der Waals surface area (Å²) >= 11 is 1.74. The lowest BCUT2D eigenvalue weighted by atomic mass is 10.2. The van der Waals surface area contributed by atoms with E-state index in [0.717, 1.165) is 48.0 Å². The highest BCUT2D eigenvalue weighted by atomic mass is 32.1. The van der Waals surface area contributed by atoms with Crippen LogP contribution < -0.4 is 10.2 Å². The van der Waals surface area contributed by atoms with Crippen LogP contribution >= 0.6 is 11.3 Å². The topological polar surface area (TPSA) is 46.5 Å². The number of benzene rings is 1. The van der Waals surface area contributed by atoms with Crippen molar-refractivity contribution in [3.63, 3.8) is 0 Å². The molecule has 1 saturated heterocycles. The van der Waals surface area contributed by atoms with Crippen molar-refractivity contribution in [1.29, 1.82) is 0 Å². The van der Waals surface area contributed by atoms with Crippen molar-refractivity contribution in [3.8, 4) is 0 Å². The SMILES string of the molecule is Cc1cc(C(=O)Nc2ccccc2N2CCOCC2)c(C)n1Cc1cccs1. The lowest BCUT2D eigenvalue weighted by Gasteiger charge is -2.30. The van der Waals surface area contributed by atoms with E-state index in [4.69, 9.17) is 4.74 Å². The van der Waals surface area contributed by atoms with Crippen molar-refractivity contribution in [1.82, 2.24) is 4.57 Å². The molecule has 0 aliphatic carbocycles. The van der Waals surface area contributed by atoms with Crippen molar-refractivity contribution in [3.05, 3.63) is 69.7 Å². The third-order valence-electron chi connectivity index (χ3n) is 5.22. The Bertz CT molecular complexity index is 956. The minimum absolute atomic E-state index is 0.0637. The van der Waals surface area contributed by atoms with Gasteiger partial charge in [-0.25, -0.2) is 0 Å². The summed E-state index contributed by atoms with van der Waals surface area (Å²) in [4.78, 5) is 16.6. The van der Waals surface area contributed by atoms with Crippen molar-refractivity contribution < 1.29 is 9.53 Å². The van der Waals surface area contributed by atoms with Gasteiger partial charge in [0, 0.05) is 29.4 Å². The second kappa shape index (κ2) is 8.20. The number of rotatable bonds is 5. The molecule has 6 heteroatoms. The van der Waals surface area contributed by atoms with E-state index in [-0.39, 0.29) is 5.91 Å². The number of carbonyl (C=O) groups is 1. The van der Waals surface area contributed by atoms with E-state index in [1.807, 2.05) is 31.2 Å². The molecule has 2 aromatic heterocycles. The maximum Gasteiger partial charge on any atom is 0.257 e. The molecule has 0 atom stereocenters. The van der Waals surface area contributed by atoms with Crippen LogP contribution in [0.1, 0.15) is 26.6 Å². The summed E-state index contributed by atoms with van der Waals surface area (Å²) < 4.78 is 7.66. The minimum atomic E-state index is -0.0637. The number of aryl methyl sites for hydroxylation is 1. The van der Waals surface area contributed by atoms with Crippen molar-refractivity contribution in [2.24, 2.45) is 0 Å². The number of hydrogen-bond acceptors (Lipinski definition) is 4. The van der Waals surface area contributed by atoms with E-state index in [1.165, 1.54) is 4.88 Å². The zero-order chi connectivity index (χ0) is 19.5. The predicted octanol–water partition coefficient (Wildman–Crippen LogP) is 4.30. The number of aromatic nitrogens is 1. The number of nitrogens with zero attached hydrogens (tertiary/aromatic N) is 2. The number of morpholine rings is 1. The van der Waals surface area contributed by atoms with Gasteiger partial charge in [0.15, 0.2) is 0 Å². The first kappa shape index (κ1) is 18.8. The third-order valence-corrected chi connectivity index (χ3v) is 6.08. The van der Waals surface area contributed by atoms with E-state index in [1.54, 1.807) is 11.3 Å². The minimum Gasteiger partial charge on any atom is -0.378 e. The predicted molar refractivity (Wildman–Crippen MR) is 115 cm³/mol. The molecule has 1 aliphatic heterocycles. The molecule has 28 heavy (non-hydrogen) atoms. The molecule has 3 aromatic rings. The fraction of sp³-hybridized carbons (Fsp3) is 0.318. The zero-order valence-corrected chi connectivity index (χ0v) is 17.1. The van der Waals surface area contributed by atoms with Crippen LogP contribution in [0.3, 0.4) is 0 Å². The highest BCUT2D eigenvalue weighted by Gasteiger charge is 2.19. The maximum atomic E-state index is 13.1. The molecule has 5 nitrogen and oxygen atoms in total. The second-order valence-electron chi connectivity index (χ2n) is 7.02. The van der Waals surface area contributed by atoms with Gasteiger partial charge in [0.1, 0.15) is 0 Å². The molecular weight excluding hydrogens is 370 g/mol. The highest BCUT2D eigenvalue weighted by molar-refractivity contribution is 7.09. The summed E-state index contributed by atoms with van der Waals surface area (Å²) in [7, 11) is 0. The van der Waals surface area contributed by atoms with Crippen LogP contribution in [0.2, 0.25) is 0 Å². The number of amides is 1. The van der Waals surface area contributed by atoms with Gasteiger partial charge in [0.05, 0.1) is 36.7 Å². The molecule has 0 bridgehead atoms. The Morgan fingerprint density at radius 3 is 2.68 bits per heavy atom. The van der Waals surface area contributed by atoms with E-state index < -0.39 is 0 Å². The van der Waals surface area contributed by atoms with Crippen molar-refractivity contribution in [2.45, 2.75) is 20.4 Å². The summed E-state index contributed by atoms with van der Waals surface area (Å²) in [5.41, 5.74) is 4.71. The van der Waals surface area contributed by atoms with E-state index in [9.17, 15) is 4.79 Å². The summed E-state index contributed by atoms with van der Waals surface area (Å²) in [5.74, 6) is -0.0637. The van der Waals surface area contributed by atoms with Crippen LogP contribution in [-0.2, 0) is 11.3 Å². The molecule has 3 heterocycles. The molecule has 0 radical (unpaired) electrons. The molecular formula is C22H25N3O2S. The van der Waals surface area contributed by atoms with Gasteiger partial charge >= 0.3 is 0 Å². The molecule has 1 N–H and O–H groups in total. The Hall–Kier alpha value is -2.57. The lowest BCUT2D eigenvalue weighted by Crippen LogP contribution is -2.36. The van der Waals surface area contributed by atoms with Gasteiger partial charge in [0.25, 0.3) is 5.91 Å². The van der Waals surface area contributed by atoms with Crippen LogP contribution in [0.5, 0.6) is 0 Å². The molecule has 0 saturated carbocycles.